The van der Waals surface area contributed by atoms with Crippen LogP contribution in [0.15, 0.2) is 42.5 Å². The molecule has 1 amide bonds. The summed E-state index contributed by atoms with van der Waals surface area (Å²) in [6.45, 7) is 12.5. The van der Waals surface area contributed by atoms with Gasteiger partial charge in [-0.05, 0) is 55.7 Å². The highest BCUT2D eigenvalue weighted by Gasteiger charge is 2.57. The molecule has 5 heteroatoms. The summed E-state index contributed by atoms with van der Waals surface area (Å²) in [6.07, 6.45) is 5.68. The molecule has 1 atom stereocenters. The predicted octanol–water partition coefficient (Wildman–Crippen LogP) is 5.21. The first-order valence-electron chi connectivity index (χ1n) is 11.6. The minimum Gasteiger partial charge on any atom is -0.490 e. The molecule has 0 unspecified atom stereocenters. The number of hydrogen-bond donors (Lipinski definition) is 1. The van der Waals surface area contributed by atoms with Gasteiger partial charge >= 0.3 is 0 Å². The minimum atomic E-state index is -0.623. The molecule has 0 radical (unpaired) electrons. The van der Waals surface area contributed by atoms with Gasteiger partial charge in [0.25, 0.3) is 0 Å². The number of carbonyl (C=O) groups excluding carboxylic acids is 1. The predicted molar refractivity (Wildman–Crippen MR) is 129 cm³/mol. The number of nitrogens with zero attached hydrogens (tertiary/aromatic N) is 1. The Kier molecular flexibility index (Phi) is 5.93. The number of rotatable bonds is 7. The maximum Gasteiger partial charge on any atom is 0.223 e. The van der Waals surface area contributed by atoms with E-state index in [0.29, 0.717) is 26.2 Å². The smallest absolute Gasteiger partial charge is 0.223 e. The van der Waals surface area contributed by atoms with E-state index < -0.39 is 5.66 Å². The zero-order valence-electron chi connectivity index (χ0n) is 19.8. The molecule has 0 saturated carbocycles. The molecule has 0 aromatic heterocycles. The molecule has 2 aliphatic rings. The van der Waals surface area contributed by atoms with E-state index in [0.717, 1.165) is 23.5 Å². The van der Waals surface area contributed by atoms with Crippen LogP contribution in [0.5, 0.6) is 11.5 Å². The summed E-state index contributed by atoms with van der Waals surface area (Å²) in [4.78, 5) is 15.0. The Morgan fingerprint density at radius 3 is 2.66 bits per heavy atom. The lowest BCUT2D eigenvalue weighted by molar-refractivity contribution is -0.124. The monoisotopic (exact) mass is 434 g/mol. The largest absolute Gasteiger partial charge is 0.490 e. The molecule has 2 aromatic carbocycles. The molecular formula is C27H34N2O3. The molecule has 1 saturated heterocycles. The Labute approximate surface area is 191 Å². The van der Waals surface area contributed by atoms with Crippen LogP contribution in [-0.2, 0) is 10.2 Å². The molecule has 1 N–H and O–H groups in total. The maximum atomic E-state index is 12.6. The van der Waals surface area contributed by atoms with Gasteiger partial charge in [-0.25, -0.2) is 0 Å². The minimum absolute atomic E-state index is 0.0850. The van der Waals surface area contributed by atoms with Crippen molar-refractivity contribution in [3.63, 3.8) is 0 Å². The highest BCUT2D eigenvalue weighted by atomic mass is 16.5. The second-order valence-corrected chi connectivity index (χ2v) is 9.18. The van der Waals surface area contributed by atoms with Crippen LogP contribution in [0.1, 0.15) is 57.2 Å². The number of carbonyl (C=O) groups is 1. The topological polar surface area (TPSA) is 50.8 Å². The summed E-state index contributed by atoms with van der Waals surface area (Å²) in [5, 5.41) is 3.34. The van der Waals surface area contributed by atoms with E-state index in [1.165, 1.54) is 16.8 Å². The van der Waals surface area contributed by atoms with E-state index in [1.54, 1.807) is 0 Å². The van der Waals surface area contributed by atoms with Crippen molar-refractivity contribution in [2.45, 2.75) is 58.5 Å². The Hall–Kier alpha value is -2.95. The average molecular weight is 435 g/mol. The standard InChI is InChI=1S/C27H34N2O3/c1-6-16-32-23-11-9-20(18-24(23)31-7-2)12-14-27-26(4,5)21-17-19(3)8-10-22(21)29(27)15-13-25(30)28-27/h8-12,14,17-18H,6-7,13,15-16H2,1-5H3,(H,28,30)/b14-12+/t27-/m1/s1. The van der Waals surface area contributed by atoms with Crippen molar-refractivity contribution in [1.29, 1.82) is 0 Å². The van der Waals surface area contributed by atoms with Crippen molar-refractivity contribution in [2.24, 2.45) is 0 Å². The van der Waals surface area contributed by atoms with Crippen molar-refractivity contribution in [3.05, 3.63) is 59.2 Å². The second-order valence-electron chi connectivity index (χ2n) is 9.18. The number of ether oxygens (including phenoxy) is 2. The number of nitrogens with one attached hydrogen (secondary N) is 1. The van der Waals surface area contributed by atoms with Gasteiger partial charge in [-0.1, -0.05) is 50.6 Å². The van der Waals surface area contributed by atoms with Crippen molar-refractivity contribution in [1.82, 2.24) is 5.32 Å². The molecule has 32 heavy (non-hydrogen) atoms. The van der Waals surface area contributed by atoms with Crippen molar-refractivity contribution in [2.75, 3.05) is 24.7 Å². The molecule has 170 valence electrons. The van der Waals surface area contributed by atoms with Gasteiger partial charge in [0, 0.05) is 24.1 Å². The first-order valence-corrected chi connectivity index (χ1v) is 11.6. The Balaban J connectivity index is 1.74. The van der Waals surface area contributed by atoms with Gasteiger partial charge in [0.1, 0.15) is 5.66 Å². The maximum absolute atomic E-state index is 12.6. The summed E-state index contributed by atoms with van der Waals surface area (Å²) in [5.41, 5.74) is 3.78. The summed E-state index contributed by atoms with van der Waals surface area (Å²) < 4.78 is 11.7. The fourth-order valence-electron chi connectivity index (χ4n) is 4.91. The molecular weight excluding hydrogens is 400 g/mol. The van der Waals surface area contributed by atoms with Gasteiger partial charge in [0.2, 0.25) is 5.91 Å². The molecule has 2 aromatic rings. The fourth-order valence-corrected chi connectivity index (χ4v) is 4.91. The van der Waals surface area contributed by atoms with Crippen LogP contribution in [0.4, 0.5) is 5.69 Å². The second kappa shape index (κ2) is 8.53. The highest BCUT2D eigenvalue weighted by molar-refractivity contribution is 5.84. The van der Waals surface area contributed by atoms with E-state index in [2.05, 4.69) is 68.3 Å². The van der Waals surface area contributed by atoms with Crippen LogP contribution in [0.3, 0.4) is 0 Å². The lowest BCUT2D eigenvalue weighted by Gasteiger charge is -2.49. The van der Waals surface area contributed by atoms with Crippen LogP contribution < -0.4 is 19.7 Å². The number of amides is 1. The van der Waals surface area contributed by atoms with Crippen molar-refractivity contribution < 1.29 is 14.3 Å². The SMILES string of the molecule is CCCOc1ccc(/C=C/[C@@]23NC(=O)CCN2c2ccc(C)cc2C3(C)C)cc1OCC. The fraction of sp³-hybridized carbons (Fsp3) is 0.444. The lowest BCUT2D eigenvalue weighted by Crippen LogP contribution is -2.68. The summed E-state index contributed by atoms with van der Waals surface area (Å²) in [6, 6.07) is 12.6. The van der Waals surface area contributed by atoms with Gasteiger partial charge in [-0.15, -0.1) is 0 Å². The van der Waals surface area contributed by atoms with Crippen LogP contribution in [0.2, 0.25) is 0 Å². The number of fused-ring (bicyclic) bond motifs is 3. The molecule has 2 aliphatic heterocycles. The molecule has 0 bridgehead atoms. The Morgan fingerprint density at radius 1 is 1.09 bits per heavy atom. The van der Waals surface area contributed by atoms with Gasteiger partial charge in [0.15, 0.2) is 11.5 Å². The van der Waals surface area contributed by atoms with E-state index in [4.69, 9.17) is 9.47 Å². The van der Waals surface area contributed by atoms with Crippen LogP contribution >= 0.6 is 0 Å². The number of hydrogen-bond acceptors (Lipinski definition) is 4. The van der Waals surface area contributed by atoms with E-state index >= 15 is 0 Å². The molecule has 4 rings (SSSR count). The Morgan fingerprint density at radius 2 is 1.91 bits per heavy atom. The Bertz CT molecular complexity index is 1040. The third kappa shape index (κ3) is 3.64. The quantitative estimate of drug-likeness (QED) is 0.650. The molecule has 0 spiro atoms. The summed E-state index contributed by atoms with van der Waals surface area (Å²) >= 11 is 0. The zero-order chi connectivity index (χ0) is 22.9. The van der Waals surface area contributed by atoms with Crippen LogP contribution in [-0.4, -0.2) is 31.3 Å². The van der Waals surface area contributed by atoms with Gasteiger partial charge in [-0.2, -0.15) is 0 Å². The lowest BCUT2D eigenvalue weighted by atomic mass is 9.74. The van der Waals surface area contributed by atoms with E-state index in [1.807, 2.05) is 25.1 Å². The number of benzene rings is 2. The summed E-state index contributed by atoms with van der Waals surface area (Å²) in [7, 11) is 0. The van der Waals surface area contributed by atoms with Crippen LogP contribution in [0.25, 0.3) is 6.08 Å². The molecule has 0 aliphatic carbocycles. The number of aryl methyl sites for hydroxylation is 1. The first-order chi connectivity index (χ1) is 15.3. The van der Waals surface area contributed by atoms with Gasteiger partial charge in [-0.3, -0.25) is 4.79 Å². The van der Waals surface area contributed by atoms with Crippen LogP contribution in [0, 0.1) is 6.92 Å². The first kappa shape index (κ1) is 22.3. The van der Waals surface area contributed by atoms with Crippen molar-refractivity contribution in [3.8, 4) is 11.5 Å². The van der Waals surface area contributed by atoms with Crippen molar-refractivity contribution >= 4 is 17.7 Å². The third-order valence-electron chi connectivity index (χ3n) is 6.63. The average Bonchev–Trinajstić information content (AvgIpc) is 2.95. The van der Waals surface area contributed by atoms with Gasteiger partial charge < -0.3 is 19.7 Å². The van der Waals surface area contributed by atoms with Gasteiger partial charge in [0.05, 0.1) is 13.2 Å². The normalized spacial score (nSPS) is 21.3. The van der Waals surface area contributed by atoms with E-state index in [-0.39, 0.29) is 11.3 Å². The molecule has 5 nitrogen and oxygen atoms in total. The van der Waals surface area contributed by atoms with E-state index in [9.17, 15) is 4.79 Å². The third-order valence-corrected chi connectivity index (χ3v) is 6.63. The highest BCUT2D eigenvalue weighted by Crippen LogP contribution is 2.52. The summed E-state index contributed by atoms with van der Waals surface area (Å²) in [5.74, 6) is 1.59. The number of anilines is 1. The zero-order valence-corrected chi connectivity index (χ0v) is 19.8. The molecule has 2 heterocycles. The molecule has 1 fully saturated rings.